The summed E-state index contributed by atoms with van der Waals surface area (Å²) in [5.41, 5.74) is 0. The molecule has 1 aromatic rings. The van der Waals surface area contributed by atoms with Crippen LogP contribution in [0.4, 0.5) is 0 Å². The smallest absolute Gasteiger partial charge is 0.126 e. The first kappa shape index (κ1) is 9.91. The van der Waals surface area contributed by atoms with E-state index in [4.69, 9.17) is 4.74 Å². The van der Waals surface area contributed by atoms with Crippen LogP contribution in [0, 0.1) is 0 Å². The van der Waals surface area contributed by atoms with E-state index in [1.54, 1.807) is 0 Å². The van der Waals surface area contributed by atoms with E-state index in [-0.39, 0.29) is 0 Å². The van der Waals surface area contributed by atoms with Crippen LogP contribution in [0.2, 0.25) is 0 Å². The molecule has 84 valence electrons. The second kappa shape index (κ2) is 4.30. The molecule has 16 heavy (non-hydrogen) atoms. The predicted molar refractivity (Wildman–Crippen MR) is 64.4 cm³/mol. The molecule has 1 heterocycles. The lowest BCUT2D eigenvalue weighted by Crippen LogP contribution is -2.31. The molecule has 0 bridgehead atoms. The Balaban J connectivity index is 1.60. The van der Waals surface area contributed by atoms with Gasteiger partial charge in [0, 0.05) is 25.6 Å². The molecule has 0 atom stereocenters. The van der Waals surface area contributed by atoms with E-state index < -0.39 is 0 Å². The SMILES string of the molecule is C1=C(Oc2ccccc2)CCN(C2CC2)C1. The first-order valence-electron chi connectivity index (χ1n) is 6.08. The highest BCUT2D eigenvalue weighted by Gasteiger charge is 2.29. The van der Waals surface area contributed by atoms with E-state index in [0.29, 0.717) is 0 Å². The summed E-state index contributed by atoms with van der Waals surface area (Å²) in [6.07, 6.45) is 6.06. The maximum atomic E-state index is 5.84. The van der Waals surface area contributed by atoms with Crippen LogP contribution in [0.1, 0.15) is 19.3 Å². The van der Waals surface area contributed by atoms with Gasteiger partial charge in [0.2, 0.25) is 0 Å². The fourth-order valence-corrected chi connectivity index (χ4v) is 2.17. The van der Waals surface area contributed by atoms with E-state index >= 15 is 0 Å². The van der Waals surface area contributed by atoms with Crippen LogP contribution >= 0.6 is 0 Å². The van der Waals surface area contributed by atoms with E-state index in [2.05, 4.69) is 11.0 Å². The first-order valence-corrected chi connectivity index (χ1v) is 6.08. The summed E-state index contributed by atoms with van der Waals surface area (Å²) in [7, 11) is 0. The zero-order chi connectivity index (χ0) is 10.8. The maximum Gasteiger partial charge on any atom is 0.126 e. The molecule has 1 saturated carbocycles. The lowest BCUT2D eigenvalue weighted by molar-refractivity contribution is 0.253. The van der Waals surface area contributed by atoms with Crippen molar-refractivity contribution in [2.75, 3.05) is 13.1 Å². The van der Waals surface area contributed by atoms with Gasteiger partial charge >= 0.3 is 0 Å². The molecule has 0 spiro atoms. The quantitative estimate of drug-likeness (QED) is 0.768. The van der Waals surface area contributed by atoms with Gasteiger partial charge < -0.3 is 4.74 Å². The Kier molecular flexibility index (Phi) is 2.66. The Hall–Kier alpha value is -1.28. The van der Waals surface area contributed by atoms with Gasteiger partial charge in [0.1, 0.15) is 11.5 Å². The van der Waals surface area contributed by atoms with Gasteiger partial charge in [-0.2, -0.15) is 0 Å². The number of ether oxygens (including phenoxy) is 1. The molecular formula is C14H17NO. The van der Waals surface area contributed by atoms with Gasteiger partial charge in [0.15, 0.2) is 0 Å². The Labute approximate surface area is 96.5 Å². The first-order chi connectivity index (χ1) is 7.92. The van der Waals surface area contributed by atoms with Crippen molar-refractivity contribution in [2.45, 2.75) is 25.3 Å². The fraction of sp³-hybridized carbons (Fsp3) is 0.429. The van der Waals surface area contributed by atoms with Crippen molar-refractivity contribution in [3.8, 4) is 5.75 Å². The van der Waals surface area contributed by atoms with Gasteiger partial charge in [-0.3, -0.25) is 4.90 Å². The monoisotopic (exact) mass is 215 g/mol. The number of para-hydroxylation sites is 1. The van der Waals surface area contributed by atoms with Gasteiger partial charge in [-0.15, -0.1) is 0 Å². The Morgan fingerprint density at radius 3 is 2.56 bits per heavy atom. The van der Waals surface area contributed by atoms with Gasteiger partial charge in [-0.25, -0.2) is 0 Å². The molecular weight excluding hydrogens is 198 g/mol. The third-order valence-electron chi connectivity index (χ3n) is 3.25. The molecule has 0 radical (unpaired) electrons. The third-order valence-corrected chi connectivity index (χ3v) is 3.25. The van der Waals surface area contributed by atoms with E-state index in [0.717, 1.165) is 37.1 Å². The number of hydrogen-bond acceptors (Lipinski definition) is 2. The molecule has 0 N–H and O–H groups in total. The van der Waals surface area contributed by atoms with Crippen LogP contribution in [-0.4, -0.2) is 24.0 Å². The molecule has 0 aromatic heterocycles. The number of rotatable bonds is 3. The minimum atomic E-state index is 0.870. The van der Waals surface area contributed by atoms with Crippen molar-refractivity contribution in [3.05, 3.63) is 42.2 Å². The van der Waals surface area contributed by atoms with E-state index in [9.17, 15) is 0 Å². The topological polar surface area (TPSA) is 12.5 Å². The summed E-state index contributed by atoms with van der Waals surface area (Å²) in [6.45, 7) is 2.22. The zero-order valence-electron chi connectivity index (χ0n) is 9.43. The average Bonchev–Trinajstić information content (AvgIpc) is 3.15. The molecule has 1 aromatic carbocycles. The van der Waals surface area contributed by atoms with Crippen LogP contribution in [0.15, 0.2) is 42.2 Å². The van der Waals surface area contributed by atoms with E-state index in [1.165, 1.54) is 12.8 Å². The summed E-state index contributed by atoms with van der Waals surface area (Å²) in [6, 6.07) is 10.9. The van der Waals surface area contributed by atoms with Crippen LogP contribution in [-0.2, 0) is 0 Å². The average molecular weight is 215 g/mol. The number of nitrogens with zero attached hydrogens (tertiary/aromatic N) is 1. The Morgan fingerprint density at radius 1 is 1.12 bits per heavy atom. The molecule has 1 aliphatic heterocycles. The molecule has 1 fully saturated rings. The fourth-order valence-electron chi connectivity index (χ4n) is 2.17. The molecule has 2 heteroatoms. The van der Waals surface area contributed by atoms with Crippen molar-refractivity contribution >= 4 is 0 Å². The highest BCUT2D eigenvalue weighted by Crippen LogP contribution is 2.29. The van der Waals surface area contributed by atoms with E-state index in [1.807, 2.05) is 30.3 Å². The third kappa shape index (κ3) is 2.27. The molecule has 0 amide bonds. The van der Waals surface area contributed by atoms with Crippen LogP contribution in [0.25, 0.3) is 0 Å². The zero-order valence-corrected chi connectivity index (χ0v) is 9.43. The van der Waals surface area contributed by atoms with Gasteiger partial charge in [0.25, 0.3) is 0 Å². The van der Waals surface area contributed by atoms with Crippen LogP contribution in [0.5, 0.6) is 5.75 Å². The largest absolute Gasteiger partial charge is 0.462 e. The molecule has 0 saturated heterocycles. The predicted octanol–water partition coefficient (Wildman–Crippen LogP) is 2.82. The second-order valence-corrected chi connectivity index (χ2v) is 4.56. The van der Waals surface area contributed by atoms with Gasteiger partial charge in [0.05, 0.1) is 0 Å². The highest BCUT2D eigenvalue weighted by molar-refractivity contribution is 5.24. The summed E-state index contributed by atoms with van der Waals surface area (Å²) in [5, 5.41) is 0. The Morgan fingerprint density at radius 2 is 1.94 bits per heavy atom. The summed E-state index contributed by atoms with van der Waals surface area (Å²) in [5.74, 6) is 2.08. The lowest BCUT2D eigenvalue weighted by atomic mass is 10.2. The molecule has 1 aliphatic carbocycles. The maximum absolute atomic E-state index is 5.84. The van der Waals surface area contributed by atoms with Crippen molar-refractivity contribution in [1.29, 1.82) is 0 Å². The second-order valence-electron chi connectivity index (χ2n) is 4.56. The summed E-state index contributed by atoms with van der Waals surface area (Å²) >= 11 is 0. The minimum Gasteiger partial charge on any atom is -0.462 e. The molecule has 3 rings (SSSR count). The summed E-state index contributed by atoms with van der Waals surface area (Å²) < 4.78 is 5.84. The molecule has 0 unspecified atom stereocenters. The van der Waals surface area contributed by atoms with Gasteiger partial charge in [-0.05, 0) is 31.1 Å². The Bertz CT molecular complexity index is 381. The van der Waals surface area contributed by atoms with Crippen molar-refractivity contribution in [3.63, 3.8) is 0 Å². The standard InChI is InChI=1S/C14H17NO/c1-2-4-13(5-3-1)16-14-8-10-15(11-9-14)12-6-7-12/h1-5,8,12H,6-7,9-11H2. The molecule has 2 aliphatic rings. The van der Waals surface area contributed by atoms with Crippen molar-refractivity contribution < 1.29 is 4.74 Å². The lowest BCUT2D eigenvalue weighted by Gasteiger charge is -2.25. The van der Waals surface area contributed by atoms with Crippen molar-refractivity contribution in [2.24, 2.45) is 0 Å². The summed E-state index contributed by atoms with van der Waals surface area (Å²) in [4.78, 5) is 2.55. The minimum absolute atomic E-state index is 0.870. The van der Waals surface area contributed by atoms with Crippen LogP contribution in [0.3, 0.4) is 0 Å². The number of benzene rings is 1. The van der Waals surface area contributed by atoms with Crippen LogP contribution < -0.4 is 4.74 Å². The number of hydrogen-bond donors (Lipinski definition) is 0. The molecule has 2 nitrogen and oxygen atoms in total. The highest BCUT2D eigenvalue weighted by atomic mass is 16.5. The van der Waals surface area contributed by atoms with Crippen molar-refractivity contribution in [1.82, 2.24) is 4.90 Å². The van der Waals surface area contributed by atoms with Gasteiger partial charge in [-0.1, -0.05) is 18.2 Å². The normalized spacial score (nSPS) is 21.6.